The van der Waals surface area contributed by atoms with Gasteiger partial charge >= 0.3 is 5.97 Å². The minimum atomic E-state index is -1.09. The number of carboxylic acid groups (broad SMARTS) is 1. The molecule has 0 aromatic heterocycles. The molecule has 2 amide bonds. The Morgan fingerprint density at radius 2 is 1.58 bits per heavy atom. The van der Waals surface area contributed by atoms with Crippen LogP contribution in [-0.2, 0) is 14.4 Å². The van der Waals surface area contributed by atoms with Crippen molar-refractivity contribution in [1.82, 2.24) is 10.2 Å². The number of amides is 2. The third-order valence-electron chi connectivity index (χ3n) is 4.13. The van der Waals surface area contributed by atoms with Crippen molar-refractivity contribution in [3.05, 3.63) is 0 Å². The SMILES string of the molecule is CCCCC(CC)C(=O)N[C@@H](CC(=O)O)C(=O)N(C(C)C)C(C)C. The fraction of sp³-hybridized carbons (Fsp3) is 0.833. The maximum atomic E-state index is 12.8. The Labute approximate surface area is 146 Å². The van der Waals surface area contributed by atoms with Gasteiger partial charge in [0.1, 0.15) is 6.04 Å². The van der Waals surface area contributed by atoms with E-state index in [0.717, 1.165) is 19.3 Å². The minimum Gasteiger partial charge on any atom is -0.481 e. The molecule has 1 unspecified atom stereocenters. The molecule has 0 fully saturated rings. The zero-order valence-corrected chi connectivity index (χ0v) is 16.0. The van der Waals surface area contributed by atoms with Gasteiger partial charge < -0.3 is 15.3 Å². The molecule has 2 atom stereocenters. The van der Waals surface area contributed by atoms with Crippen LogP contribution in [0.4, 0.5) is 0 Å². The van der Waals surface area contributed by atoms with Gasteiger partial charge in [-0.3, -0.25) is 14.4 Å². The van der Waals surface area contributed by atoms with E-state index in [9.17, 15) is 14.4 Å². The van der Waals surface area contributed by atoms with Crippen LogP contribution in [0.3, 0.4) is 0 Å². The molecule has 0 spiro atoms. The number of aliphatic carboxylic acids is 1. The molecule has 0 saturated carbocycles. The number of hydrogen-bond acceptors (Lipinski definition) is 3. The van der Waals surface area contributed by atoms with E-state index >= 15 is 0 Å². The lowest BCUT2D eigenvalue weighted by Gasteiger charge is -2.34. The molecule has 0 aliphatic heterocycles. The largest absolute Gasteiger partial charge is 0.481 e. The molecule has 140 valence electrons. The van der Waals surface area contributed by atoms with E-state index in [0.29, 0.717) is 6.42 Å². The van der Waals surface area contributed by atoms with Crippen LogP contribution in [0.25, 0.3) is 0 Å². The van der Waals surface area contributed by atoms with Gasteiger partial charge in [0.2, 0.25) is 11.8 Å². The van der Waals surface area contributed by atoms with Crippen LogP contribution in [0, 0.1) is 5.92 Å². The molecule has 0 aromatic carbocycles. The highest BCUT2D eigenvalue weighted by atomic mass is 16.4. The zero-order chi connectivity index (χ0) is 18.9. The molecule has 0 radical (unpaired) electrons. The molecule has 24 heavy (non-hydrogen) atoms. The van der Waals surface area contributed by atoms with Gasteiger partial charge in [0.05, 0.1) is 6.42 Å². The maximum absolute atomic E-state index is 12.8. The van der Waals surface area contributed by atoms with E-state index < -0.39 is 18.4 Å². The topological polar surface area (TPSA) is 86.7 Å². The van der Waals surface area contributed by atoms with E-state index in [4.69, 9.17) is 5.11 Å². The number of carbonyl (C=O) groups is 3. The Balaban J connectivity index is 5.21. The number of carboxylic acids is 1. The normalized spacial score (nSPS) is 13.7. The molecule has 6 nitrogen and oxygen atoms in total. The van der Waals surface area contributed by atoms with Gasteiger partial charge in [-0.25, -0.2) is 0 Å². The fourth-order valence-corrected chi connectivity index (χ4v) is 2.92. The van der Waals surface area contributed by atoms with Gasteiger partial charge in [-0.05, 0) is 40.5 Å². The molecule has 0 aromatic rings. The number of unbranched alkanes of at least 4 members (excludes halogenated alkanes) is 1. The smallest absolute Gasteiger partial charge is 0.305 e. The fourth-order valence-electron chi connectivity index (χ4n) is 2.92. The summed E-state index contributed by atoms with van der Waals surface area (Å²) in [7, 11) is 0. The summed E-state index contributed by atoms with van der Waals surface area (Å²) in [6, 6.07) is -1.14. The van der Waals surface area contributed by atoms with Crippen molar-refractivity contribution in [3.63, 3.8) is 0 Å². The average molecular weight is 342 g/mol. The first-order valence-corrected chi connectivity index (χ1v) is 8.99. The molecule has 0 rings (SSSR count). The summed E-state index contributed by atoms with van der Waals surface area (Å²) < 4.78 is 0. The number of nitrogens with zero attached hydrogens (tertiary/aromatic N) is 1. The molecule has 0 aliphatic carbocycles. The summed E-state index contributed by atoms with van der Waals surface area (Å²) in [5.74, 6) is -1.83. The molecular weight excluding hydrogens is 308 g/mol. The van der Waals surface area contributed by atoms with Crippen molar-refractivity contribution in [2.45, 2.75) is 91.8 Å². The van der Waals surface area contributed by atoms with E-state index in [1.165, 1.54) is 0 Å². The summed E-state index contributed by atoms with van der Waals surface area (Å²) in [6.45, 7) is 11.5. The van der Waals surface area contributed by atoms with Crippen molar-refractivity contribution in [3.8, 4) is 0 Å². The summed E-state index contributed by atoms with van der Waals surface area (Å²) >= 11 is 0. The number of hydrogen-bond donors (Lipinski definition) is 2. The van der Waals surface area contributed by atoms with Crippen LogP contribution in [0.5, 0.6) is 0 Å². The van der Waals surface area contributed by atoms with Gasteiger partial charge in [0, 0.05) is 18.0 Å². The van der Waals surface area contributed by atoms with Gasteiger partial charge in [0.15, 0.2) is 0 Å². The number of rotatable bonds is 11. The second-order valence-corrected chi connectivity index (χ2v) is 6.84. The standard InChI is InChI=1S/C18H34N2O4/c1-7-9-10-14(8-2)17(23)19-15(11-16(21)22)18(24)20(12(3)4)13(5)6/h12-15H,7-11H2,1-6H3,(H,19,23)(H,21,22)/t14?,15-/m0/s1. The lowest BCUT2D eigenvalue weighted by molar-refractivity contribution is -0.146. The highest BCUT2D eigenvalue weighted by molar-refractivity contribution is 5.91. The maximum Gasteiger partial charge on any atom is 0.305 e. The molecule has 6 heteroatoms. The van der Waals surface area contributed by atoms with Gasteiger partial charge in [-0.2, -0.15) is 0 Å². The molecule has 0 heterocycles. The molecule has 2 N–H and O–H groups in total. The highest BCUT2D eigenvalue weighted by Gasteiger charge is 2.32. The molecular formula is C18H34N2O4. The first-order chi connectivity index (χ1) is 11.1. The second kappa shape index (κ2) is 11.0. The Morgan fingerprint density at radius 1 is 1.04 bits per heavy atom. The van der Waals surface area contributed by atoms with Gasteiger partial charge in [-0.15, -0.1) is 0 Å². The van der Waals surface area contributed by atoms with Crippen LogP contribution < -0.4 is 5.32 Å². The zero-order valence-electron chi connectivity index (χ0n) is 16.0. The first-order valence-electron chi connectivity index (χ1n) is 8.99. The predicted molar refractivity (Wildman–Crippen MR) is 94.6 cm³/mol. The summed E-state index contributed by atoms with van der Waals surface area (Å²) in [6.07, 6.45) is 2.97. The lowest BCUT2D eigenvalue weighted by atomic mass is 9.97. The third kappa shape index (κ3) is 7.32. The van der Waals surface area contributed by atoms with Crippen molar-refractivity contribution in [2.24, 2.45) is 5.92 Å². The third-order valence-corrected chi connectivity index (χ3v) is 4.13. The van der Waals surface area contributed by atoms with Crippen LogP contribution in [-0.4, -0.2) is 45.9 Å². The quantitative estimate of drug-likeness (QED) is 0.604. The Hall–Kier alpha value is -1.59. The minimum absolute atomic E-state index is 0.0623. The van der Waals surface area contributed by atoms with Crippen LogP contribution >= 0.6 is 0 Å². The van der Waals surface area contributed by atoms with Crippen molar-refractivity contribution in [1.29, 1.82) is 0 Å². The van der Waals surface area contributed by atoms with Crippen LogP contribution in [0.15, 0.2) is 0 Å². The van der Waals surface area contributed by atoms with E-state index in [1.807, 2.05) is 34.6 Å². The highest BCUT2D eigenvalue weighted by Crippen LogP contribution is 2.15. The summed E-state index contributed by atoms with van der Waals surface area (Å²) in [5.41, 5.74) is 0. The first kappa shape index (κ1) is 22.4. The van der Waals surface area contributed by atoms with E-state index in [-0.39, 0.29) is 29.8 Å². The number of carbonyl (C=O) groups excluding carboxylic acids is 2. The van der Waals surface area contributed by atoms with Crippen molar-refractivity contribution >= 4 is 17.8 Å². The van der Waals surface area contributed by atoms with E-state index in [2.05, 4.69) is 12.2 Å². The Kier molecular flexibility index (Phi) is 10.3. The van der Waals surface area contributed by atoms with Gasteiger partial charge in [-0.1, -0.05) is 26.7 Å². The number of nitrogens with one attached hydrogen (secondary N) is 1. The van der Waals surface area contributed by atoms with E-state index in [1.54, 1.807) is 4.90 Å². The predicted octanol–water partition coefficient (Wildman–Crippen LogP) is 2.81. The second-order valence-electron chi connectivity index (χ2n) is 6.84. The summed E-state index contributed by atoms with van der Waals surface area (Å²) in [4.78, 5) is 38.0. The van der Waals surface area contributed by atoms with Crippen molar-refractivity contribution in [2.75, 3.05) is 0 Å². The average Bonchev–Trinajstić information content (AvgIpc) is 2.45. The van der Waals surface area contributed by atoms with Crippen LogP contribution in [0.2, 0.25) is 0 Å². The van der Waals surface area contributed by atoms with Crippen molar-refractivity contribution < 1.29 is 19.5 Å². The Morgan fingerprint density at radius 3 is 1.96 bits per heavy atom. The van der Waals surface area contributed by atoms with Gasteiger partial charge in [0.25, 0.3) is 0 Å². The molecule has 0 bridgehead atoms. The summed E-state index contributed by atoms with van der Waals surface area (Å²) in [5, 5.41) is 11.8. The molecule has 0 saturated heterocycles. The van der Waals surface area contributed by atoms with Crippen LogP contribution in [0.1, 0.15) is 73.6 Å². The monoisotopic (exact) mass is 342 g/mol. The lowest BCUT2D eigenvalue weighted by Crippen LogP contribution is -2.54. The Bertz CT molecular complexity index is 413. The molecule has 0 aliphatic rings.